The first-order valence-corrected chi connectivity index (χ1v) is 8.88. The van der Waals surface area contributed by atoms with Crippen LogP contribution in [0.25, 0.3) is 0 Å². The Labute approximate surface area is 161 Å². The first-order valence-electron chi connectivity index (χ1n) is 8.88. The average molecular weight is 383 g/mol. The predicted octanol–water partition coefficient (Wildman–Crippen LogP) is 1.20. The number of amides is 2. The fourth-order valence-electron chi connectivity index (χ4n) is 3.12. The van der Waals surface area contributed by atoms with Crippen LogP contribution >= 0.6 is 0 Å². The highest BCUT2D eigenvalue weighted by Gasteiger charge is 2.26. The molecule has 1 aliphatic rings. The molecule has 0 spiro atoms. The van der Waals surface area contributed by atoms with Crippen LogP contribution in [0.2, 0.25) is 0 Å². The van der Waals surface area contributed by atoms with Crippen molar-refractivity contribution in [2.24, 2.45) is 5.92 Å². The van der Waals surface area contributed by atoms with E-state index < -0.39 is 17.4 Å². The standard InChI is InChI=1S/C20H21N3O5/c1-12-8-16-14(19(26)21-10-12)9-15(20(27)23(16)11-17(24)28-2)22-18(25)13-6-4-3-5-7-13/h3-7,9,12H,8,10-11H2,1-2H3,(H,21,26)(H,22,25). The molecule has 8 nitrogen and oxygen atoms in total. The normalized spacial score (nSPS) is 15.8. The van der Waals surface area contributed by atoms with Gasteiger partial charge in [0.2, 0.25) is 0 Å². The van der Waals surface area contributed by atoms with Crippen molar-refractivity contribution in [3.63, 3.8) is 0 Å². The minimum absolute atomic E-state index is 0.0683. The highest BCUT2D eigenvalue weighted by molar-refractivity contribution is 6.05. The van der Waals surface area contributed by atoms with Gasteiger partial charge in [0.25, 0.3) is 17.4 Å². The molecule has 146 valence electrons. The highest BCUT2D eigenvalue weighted by atomic mass is 16.5. The number of ether oxygens (including phenoxy) is 1. The van der Waals surface area contributed by atoms with E-state index in [4.69, 9.17) is 0 Å². The molecule has 0 bridgehead atoms. The zero-order chi connectivity index (χ0) is 20.3. The van der Waals surface area contributed by atoms with Crippen molar-refractivity contribution in [1.82, 2.24) is 9.88 Å². The van der Waals surface area contributed by atoms with Gasteiger partial charge in [0.15, 0.2) is 0 Å². The number of benzene rings is 1. The summed E-state index contributed by atoms with van der Waals surface area (Å²) in [4.78, 5) is 49.8. The summed E-state index contributed by atoms with van der Waals surface area (Å²) < 4.78 is 5.90. The summed E-state index contributed by atoms with van der Waals surface area (Å²) in [6.07, 6.45) is 0.438. The molecule has 8 heteroatoms. The molecule has 1 aromatic heterocycles. The van der Waals surface area contributed by atoms with Crippen LogP contribution < -0.4 is 16.2 Å². The molecule has 1 atom stereocenters. The molecule has 2 N–H and O–H groups in total. The minimum atomic E-state index is -0.617. The maximum absolute atomic E-state index is 13.0. The smallest absolute Gasteiger partial charge is 0.325 e. The number of hydrogen-bond donors (Lipinski definition) is 2. The zero-order valence-corrected chi connectivity index (χ0v) is 15.7. The molecular weight excluding hydrogens is 362 g/mol. The van der Waals surface area contributed by atoms with E-state index >= 15 is 0 Å². The van der Waals surface area contributed by atoms with Crippen LogP contribution in [0.1, 0.15) is 33.3 Å². The van der Waals surface area contributed by atoms with E-state index in [2.05, 4.69) is 15.4 Å². The van der Waals surface area contributed by atoms with E-state index in [-0.39, 0.29) is 29.6 Å². The van der Waals surface area contributed by atoms with Crippen LogP contribution in [0.4, 0.5) is 5.69 Å². The summed E-state index contributed by atoms with van der Waals surface area (Å²) >= 11 is 0. The number of pyridine rings is 1. The topological polar surface area (TPSA) is 106 Å². The zero-order valence-electron chi connectivity index (χ0n) is 15.7. The Bertz CT molecular complexity index is 981. The summed E-state index contributed by atoms with van der Waals surface area (Å²) in [5.41, 5.74) is 0.456. The summed E-state index contributed by atoms with van der Waals surface area (Å²) in [6.45, 7) is 2.05. The fraction of sp³-hybridized carbons (Fsp3) is 0.300. The second kappa shape index (κ2) is 8.08. The Balaban J connectivity index is 2.09. The molecule has 1 aliphatic heterocycles. The van der Waals surface area contributed by atoms with Gasteiger partial charge in [0.05, 0.1) is 12.7 Å². The second-order valence-corrected chi connectivity index (χ2v) is 6.73. The minimum Gasteiger partial charge on any atom is -0.468 e. The van der Waals surface area contributed by atoms with Gasteiger partial charge < -0.3 is 15.4 Å². The van der Waals surface area contributed by atoms with Crippen molar-refractivity contribution in [2.75, 3.05) is 19.0 Å². The van der Waals surface area contributed by atoms with Gasteiger partial charge >= 0.3 is 5.97 Å². The highest BCUT2D eigenvalue weighted by Crippen LogP contribution is 2.20. The van der Waals surface area contributed by atoms with Gasteiger partial charge in [-0.25, -0.2) is 0 Å². The van der Waals surface area contributed by atoms with E-state index in [1.165, 1.54) is 17.7 Å². The third-order valence-electron chi connectivity index (χ3n) is 4.60. The van der Waals surface area contributed by atoms with Crippen molar-refractivity contribution in [3.05, 3.63) is 63.6 Å². The largest absolute Gasteiger partial charge is 0.468 e. The Hall–Kier alpha value is -3.42. The van der Waals surface area contributed by atoms with Gasteiger partial charge in [-0.05, 0) is 30.5 Å². The molecule has 3 rings (SSSR count). The molecule has 0 saturated heterocycles. The van der Waals surface area contributed by atoms with E-state index in [0.29, 0.717) is 24.2 Å². The molecule has 2 aromatic rings. The van der Waals surface area contributed by atoms with Crippen molar-refractivity contribution in [3.8, 4) is 0 Å². The number of anilines is 1. The fourth-order valence-corrected chi connectivity index (χ4v) is 3.12. The number of hydrogen-bond acceptors (Lipinski definition) is 5. The lowest BCUT2D eigenvalue weighted by Crippen LogP contribution is -2.33. The molecule has 1 aromatic carbocycles. The first-order chi connectivity index (χ1) is 13.4. The van der Waals surface area contributed by atoms with Gasteiger partial charge in [-0.1, -0.05) is 25.1 Å². The van der Waals surface area contributed by atoms with Crippen LogP contribution in [0.15, 0.2) is 41.2 Å². The number of carbonyl (C=O) groups excluding carboxylic acids is 3. The molecule has 2 amide bonds. The van der Waals surface area contributed by atoms with Crippen LogP contribution in [-0.4, -0.2) is 36.0 Å². The molecule has 28 heavy (non-hydrogen) atoms. The molecular formula is C20H21N3O5. The van der Waals surface area contributed by atoms with Crippen molar-refractivity contribution < 1.29 is 19.1 Å². The number of methoxy groups -OCH3 is 1. The molecule has 2 heterocycles. The number of esters is 1. The number of carbonyl (C=O) groups is 3. The summed E-state index contributed by atoms with van der Waals surface area (Å²) in [7, 11) is 1.22. The molecule has 1 unspecified atom stereocenters. The van der Waals surface area contributed by atoms with Gasteiger partial charge in [-0.2, -0.15) is 0 Å². The maximum atomic E-state index is 13.0. The van der Waals surface area contributed by atoms with E-state index in [9.17, 15) is 19.2 Å². The molecule has 0 saturated carbocycles. The number of aromatic nitrogens is 1. The van der Waals surface area contributed by atoms with Gasteiger partial charge in [0, 0.05) is 17.8 Å². The maximum Gasteiger partial charge on any atom is 0.325 e. The monoisotopic (exact) mass is 383 g/mol. The quantitative estimate of drug-likeness (QED) is 0.772. The number of nitrogens with one attached hydrogen (secondary N) is 2. The van der Waals surface area contributed by atoms with Crippen molar-refractivity contribution in [1.29, 1.82) is 0 Å². The van der Waals surface area contributed by atoms with Gasteiger partial charge in [0.1, 0.15) is 12.2 Å². The van der Waals surface area contributed by atoms with Crippen molar-refractivity contribution >= 4 is 23.5 Å². The summed E-state index contributed by atoms with van der Waals surface area (Å²) in [5, 5.41) is 5.35. The van der Waals surface area contributed by atoms with Crippen LogP contribution in [-0.2, 0) is 22.5 Å². The number of fused-ring (bicyclic) bond motifs is 1. The average Bonchev–Trinajstić information content (AvgIpc) is 2.84. The Morgan fingerprint density at radius 1 is 1.25 bits per heavy atom. The second-order valence-electron chi connectivity index (χ2n) is 6.73. The third kappa shape index (κ3) is 3.95. The van der Waals surface area contributed by atoms with Crippen LogP contribution in [0.5, 0.6) is 0 Å². The lowest BCUT2D eigenvalue weighted by atomic mass is 10.0. The Morgan fingerprint density at radius 3 is 2.64 bits per heavy atom. The van der Waals surface area contributed by atoms with Crippen LogP contribution in [0, 0.1) is 5.92 Å². The first kappa shape index (κ1) is 19.3. The molecule has 0 fully saturated rings. The van der Waals surface area contributed by atoms with Crippen LogP contribution in [0.3, 0.4) is 0 Å². The Kier molecular flexibility index (Phi) is 5.58. The SMILES string of the molecule is COC(=O)Cn1c2c(cc(NC(=O)c3ccccc3)c1=O)C(=O)NCC(C)C2. The summed E-state index contributed by atoms with van der Waals surface area (Å²) in [6, 6.07) is 9.78. The van der Waals surface area contributed by atoms with E-state index in [0.717, 1.165) is 0 Å². The van der Waals surface area contributed by atoms with E-state index in [1.807, 2.05) is 6.92 Å². The third-order valence-corrected chi connectivity index (χ3v) is 4.60. The lowest BCUT2D eigenvalue weighted by Gasteiger charge is -2.17. The van der Waals surface area contributed by atoms with Gasteiger partial charge in [-0.15, -0.1) is 0 Å². The number of rotatable bonds is 4. The molecule has 0 aliphatic carbocycles. The number of nitrogens with zero attached hydrogens (tertiary/aromatic N) is 1. The predicted molar refractivity (Wildman–Crippen MR) is 102 cm³/mol. The van der Waals surface area contributed by atoms with Gasteiger partial charge in [-0.3, -0.25) is 23.7 Å². The van der Waals surface area contributed by atoms with E-state index in [1.54, 1.807) is 30.3 Å². The molecule has 0 radical (unpaired) electrons. The Morgan fingerprint density at radius 2 is 1.96 bits per heavy atom. The van der Waals surface area contributed by atoms with Crippen molar-refractivity contribution in [2.45, 2.75) is 19.9 Å². The summed E-state index contributed by atoms with van der Waals surface area (Å²) in [5.74, 6) is -1.37. The lowest BCUT2D eigenvalue weighted by molar-refractivity contribution is -0.141.